The average molecular weight is 399 g/mol. The van der Waals surface area contributed by atoms with Gasteiger partial charge in [0.2, 0.25) is 11.8 Å². The molecule has 1 saturated heterocycles. The zero-order chi connectivity index (χ0) is 20.8. The molecule has 7 heteroatoms. The number of hydrogen-bond donors (Lipinski definition) is 0. The lowest BCUT2D eigenvalue weighted by Crippen LogP contribution is -2.49. The van der Waals surface area contributed by atoms with Gasteiger partial charge in [-0.2, -0.15) is 0 Å². The van der Waals surface area contributed by atoms with Crippen LogP contribution in [0.1, 0.15) is 31.2 Å². The molecule has 2 aromatic rings. The number of ether oxygens (including phenoxy) is 1. The lowest BCUT2D eigenvalue weighted by Gasteiger charge is -2.38. The number of likely N-dealkylation sites (tertiary alicyclic amines) is 1. The number of aryl methyl sites for hydroxylation is 1. The summed E-state index contributed by atoms with van der Waals surface area (Å²) < 4.78 is 7.29. The number of piperidine rings is 1. The summed E-state index contributed by atoms with van der Waals surface area (Å²) in [4.78, 5) is 33.0. The number of carbonyl (C=O) groups excluding carboxylic acids is 2. The van der Waals surface area contributed by atoms with Crippen molar-refractivity contribution in [3.8, 4) is 5.75 Å². The molecule has 1 aromatic carbocycles. The van der Waals surface area contributed by atoms with E-state index in [4.69, 9.17) is 4.74 Å². The van der Waals surface area contributed by atoms with Crippen molar-refractivity contribution < 1.29 is 14.3 Å². The highest BCUT2D eigenvalue weighted by atomic mass is 16.5. The number of carbonyl (C=O) groups is 2. The number of amides is 2. The van der Waals surface area contributed by atoms with Gasteiger partial charge in [-0.05, 0) is 37.5 Å². The molecule has 0 N–H and O–H groups in total. The summed E-state index contributed by atoms with van der Waals surface area (Å²) in [6.07, 6.45) is 5.71. The summed E-state index contributed by atoms with van der Waals surface area (Å²) in [7, 11) is 1.63. The van der Waals surface area contributed by atoms with Gasteiger partial charge >= 0.3 is 0 Å². The van der Waals surface area contributed by atoms with E-state index in [1.165, 1.54) is 0 Å². The molecule has 1 fully saturated rings. The molecule has 0 radical (unpaired) electrons. The van der Waals surface area contributed by atoms with E-state index in [-0.39, 0.29) is 17.9 Å². The maximum atomic E-state index is 12.7. The zero-order valence-corrected chi connectivity index (χ0v) is 17.5. The second-order valence-corrected chi connectivity index (χ2v) is 7.52. The van der Waals surface area contributed by atoms with E-state index in [0.29, 0.717) is 26.1 Å². The minimum Gasteiger partial charge on any atom is -0.497 e. The molecular formula is C22H30N4O3. The first-order valence-corrected chi connectivity index (χ1v) is 10.1. The summed E-state index contributed by atoms with van der Waals surface area (Å²) >= 11 is 0. The molecule has 0 aliphatic carbocycles. The van der Waals surface area contributed by atoms with Gasteiger partial charge in [-0.1, -0.05) is 12.1 Å². The predicted octanol–water partition coefficient (Wildman–Crippen LogP) is 2.28. The van der Waals surface area contributed by atoms with Crippen LogP contribution in [-0.2, 0) is 22.6 Å². The fraction of sp³-hybridized carbons (Fsp3) is 0.500. The highest BCUT2D eigenvalue weighted by Gasteiger charge is 2.28. The molecule has 156 valence electrons. The van der Waals surface area contributed by atoms with Crippen LogP contribution < -0.4 is 4.74 Å². The van der Waals surface area contributed by atoms with Gasteiger partial charge in [-0.3, -0.25) is 9.59 Å². The van der Waals surface area contributed by atoms with Crippen LogP contribution >= 0.6 is 0 Å². The summed E-state index contributed by atoms with van der Waals surface area (Å²) in [6.45, 7) is 6.35. The minimum absolute atomic E-state index is 0.0870. The summed E-state index contributed by atoms with van der Waals surface area (Å²) in [5, 5.41) is 0. The molecule has 2 heterocycles. The molecule has 3 rings (SSSR count). The number of imidazole rings is 1. The third kappa shape index (κ3) is 5.37. The molecule has 1 aliphatic heterocycles. The van der Waals surface area contributed by atoms with Crippen LogP contribution in [-0.4, -0.2) is 64.0 Å². The van der Waals surface area contributed by atoms with Crippen LogP contribution in [0.2, 0.25) is 0 Å². The number of hydrogen-bond acceptors (Lipinski definition) is 4. The van der Waals surface area contributed by atoms with Crippen LogP contribution in [0.5, 0.6) is 5.75 Å². The van der Waals surface area contributed by atoms with E-state index in [9.17, 15) is 9.59 Å². The van der Waals surface area contributed by atoms with E-state index < -0.39 is 0 Å². The number of rotatable bonds is 7. The van der Waals surface area contributed by atoms with Crippen molar-refractivity contribution >= 4 is 11.8 Å². The van der Waals surface area contributed by atoms with Crippen molar-refractivity contribution in [2.24, 2.45) is 0 Å². The van der Waals surface area contributed by atoms with Crippen molar-refractivity contribution in [3.05, 3.63) is 48.0 Å². The maximum absolute atomic E-state index is 12.7. The molecule has 0 spiro atoms. The molecule has 29 heavy (non-hydrogen) atoms. The van der Waals surface area contributed by atoms with Gasteiger partial charge in [-0.25, -0.2) is 4.98 Å². The molecule has 7 nitrogen and oxygen atoms in total. The first kappa shape index (κ1) is 20.9. The Balaban J connectivity index is 1.52. The van der Waals surface area contributed by atoms with Gasteiger partial charge in [0.15, 0.2) is 0 Å². The third-order valence-corrected chi connectivity index (χ3v) is 5.66. The van der Waals surface area contributed by atoms with Crippen molar-refractivity contribution in [3.63, 3.8) is 0 Å². The van der Waals surface area contributed by atoms with Gasteiger partial charge in [0.05, 0.1) is 13.5 Å². The Bertz CT molecular complexity index is 840. The van der Waals surface area contributed by atoms with E-state index in [0.717, 1.165) is 36.5 Å². The van der Waals surface area contributed by atoms with Gasteiger partial charge in [0.25, 0.3) is 0 Å². The minimum atomic E-state index is 0.0870. The Morgan fingerprint density at radius 3 is 2.66 bits per heavy atom. The summed E-state index contributed by atoms with van der Waals surface area (Å²) in [5.74, 6) is 1.93. The maximum Gasteiger partial charge on any atom is 0.226 e. The average Bonchev–Trinajstić information content (AvgIpc) is 3.13. The Labute approximate surface area is 172 Å². The highest BCUT2D eigenvalue weighted by molar-refractivity contribution is 5.79. The fourth-order valence-corrected chi connectivity index (χ4v) is 3.95. The van der Waals surface area contributed by atoms with Gasteiger partial charge < -0.3 is 19.1 Å². The van der Waals surface area contributed by atoms with Gasteiger partial charge in [-0.15, -0.1) is 0 Å². The van der Waals surface area contributed by atoms with Gasteiger partial charge in [0.1, 0.15) is 11.6 Å². The summed E-state index contributed by atoms with van der Waals surface area (Å²) in [5.41, 5.74) is 0.956. The van der Waals surface area contributed by atoms with Crippen LogP contribution in [0.3, 0.4) is 0 Å². The van der Waals surface area contributed by atoms with E-state index >= 15 is 0 Å². The van der Waals surface area contributed by atoms with Crippen LogP contribution in [0.25, 0.3) is 0 Å². The molecule has 0 atom stereocenters. The molecule has 1 aromatic heterocycles. The molecule has 0 bridgehead atoms. The molecule has 0 unspecified atom stereocenters. The Morgan fingerprint density at radius 2 is 2.03 bits per heavy atom. The number of methoxy groups -OCH3 is 1. The number of benzene rings is 1. The van der Waals surface area contributed by atoms with Gasteiger partial charge in [0, 0.05) is 51.5 Å². The van der Waals surface area contributed by atoms with Crippen LogP contribution in [0, 0.1) is 6.92 Å². The van der Waals surface area contributed by atoms with Crippen LogP contribution in [0.4, 0.5) is 0 Å². The van der Waals surface area contributed by atoms with E-state index in [1.54, 1.807) is 20.2 Å². The highest BCUT2D eigenvalue weighted by Crippen LogP contribution is 2.19. The fourth-order valence-electron chi connectivity index (χ4n) is 3.95. The van der Waals surface area contributed by atoms with Crippen molar-refractivity contribution in [1.82, 2.24) is 19.4 Å². The SMILES string of the molecule is COc1cccc(CC(=O)N2CCC(N(CCn3ccnc3C)C(C)=O)CC2)c1. The standard InChI is InChI=1S/C22H30N4O3/c1-17-23-9-12-24(17)13-14-26(18(2)27)20-7-10-25(11-8-20)22(28)16-19-5-4-6-21(15-19)29-3/h4-6,9,12,15,20H,7-8,10-11,13-14,16H2,1-3H3. The molecule has 0 saturated carbocycles. The molecule has 1 aliphatic rings. The first-order valence-electron chi connectivity index (χ1n) is 10.1. The quantitative estimate of drug-likeness (QED) is 0.718. The second-order valence-electron chi connectivity index (χ2n) is 7.52. The normalized spacial score (nSPS) is 14.7. The monoisotopic (exact) mass is 398 g/mol. The Kier molecular flexibility index (Phi) is 6.90. The Morgan fingerprint density at radius 1 is 1.28 bits per heavy atom. The predicted molar refractivity (Wildman–Crippen MR) is 111 cm³/mol. The van der Waals surface area contributed by atoms with E-state index in [1.807, 2.05) is 47.2 Å². The Hall–Kier alpha value is -2.83. The van der Waals surface area contributed by atoms with Crippen molar-refractivity contribution in [2.45, 2.75) is 45.7 Å². The number of nitrogens with zero attached hydrogens (tertiary/aromatic N) is 4. The van der Waals surface area contributed by atoms with Crippen LogP contribution in [0.15, 0.2) is 36.7 Å². The first-order chi connectivity index (χ1) is 14.0. The second kappa shape index (κ2) is 9.58. The number of aromatic nitrogens is 2. The lowest BCUT2D eigenvalue weighted by atomic mass is 10.0. The largest absolute Gasteiger partial charge is 0.497 e. The third-order valence-electron chi connectivity index (χ3n) is 5.66. The zero-order valence-electron chi connectivity index (χ0n) is 17.5. The van der Waals surface area contributed by atoms with Crippen molar-refractivity contribution in [2.75, 3.05) is 26.7 Å². The van der Waals surface area contributed by atoms with Crippen molar-refractivity contribution in [1.29, 1.82) is 0 Å². The lowest BCUT2D eigenvalue weighted by molar-refractivity contribution is -0.135. The topological polar surface area (TPSA) is 67.7 Å². The molecular weight excluding hydrogens is 368 g/mol. The van der Waals surface area contributed by atoms with E-state index in [2.05, 4.69) is 9.55 Å². The summed E-state index contributed by atoms with van der Waals surface area (Å²) in [6, 6.07) is 7.81. The molecule has 2 amide bonds. The smallest absolute Gasteiger partial charge is 0.226 e.